The van der Waals surface area contributed by atoms with Gasteiger partial charge >= 0.3 is 0 Å². The van der Waals surface area contributed by atoms with Crippen molar-refractivity contribution in [3.05, 3.63) is 35.0 Å². The van der Waals surface area contributed by atoms with Gasteiger partial charge in [0.25, 0.3) is 0 Å². The van der Waals surface area contributed by atoms with Gasteiger partial charge in [-0.1, -0.05) is 11.6 Å². The van der Waals surface area contributed by atoms with Crippen LogP contribution in [0.3, 0.4) is 0 Å². The summed E-state index contributed by atoms with van der Waals surface area (Å²) in [7, 11) is 0. The number of nitrogens with one attached hydrogen (secondary N) is 1. The summed E-state index contributed by atoms with van der Waals surface area (Å²) in [6, 6.07) is 7.92. The van der Waals surface area contributed by atoms with E-state index in [1.54, 1.807) is 0 Å². The summed E-state index contributed by atoms with van der Waals surface area (Å²) in [5.41, 5.74) is 0.943. The molecule has 17 heavy (non-hydrogen) atoms. The Morgan fingerprint density at radius 3 is 2.88 bits per heavy atom. The second-order valence-electron chi connectivity index (χ2n) is 4.79. The average Bonchev–Trinajstić information content (AvgIpc) is 2.71. The standard InChI is InChI=1S/C14H16ClNO/c15-12-1-2-14-11(8-12)9-13(17-14)7-10-3-5-16-6-4-10/h1-2,8-10,16H,3-7H2. The zero-order valence-electron chi connectivity index (χ0n) is 9.71. The molecule has 2 heterocycles. The third-order valence-electron chi connectivity index (χ3n) is 3.48. The Morgan fingerprint density at radius 2 is 2.06 bits per heavy atom. The van der Waals surface area contributed by atoms with Crippen molar-refractivity contribution in [2.75, 3.05) is 13.1 Å². The first-order valence-corrected chi connectivity index (χ1v) is 6.58. The van der Waals surface area contributed by atoms with E-state index in [9.17, 15) is 0 Å². The largest absolute Gasteiger partial charge is 0.461 e. The molecule has 0 unspecified atom stereocenters. The molecular formula is C14H16ClNO. The molecule has 1 saturated heterocycles. The molecule has 1 aliphatic heterocycles. The number of furan rings is 1. The number of halogens is 1. The number of fused-ring (bicyclic) bond motifs is 1. The average molecular weight is 250 g/mol. The maximum Gasteiger partial charge on any atom is 0.134 e. The highest BCUT2D eigenvalue weighted by Gasteiger charge is 2.15. The van der Waals surface area contributed by atoms with Crippen LogP contribution in [0.5, 0.6) is 0 Å². The van der Waals surface area contributed by atoms with Gasteiger partial charge in [-0.15, -0.1) is 0 Å². The second kappa shape index (κ2) is 4.71. The molecule has 3 heteroatoms. The van der Waals surface area contributed by atoms with Crippen molar-refractivity contribution in [1.82, 2.24) is 5.32 Å². The van der Waals surface area contributed by atoms with Crippen molar-refractivity contribution in [2.24, 2.45) is 5.92 Å². The van der Waals surface area contributed by atoms with Crippen molar-refractivity contribution >= 4 is 22.6 Å². The molecule has 1 aromatic heterocycles. The summed E-state index contributed by atoms with van der Waals surface area (Å²) in [6.45, 7) is 2.27. The molecule has 0 spiro atoms. The Bertz CT molecular complexity index is 514. The van der Waals surface area contributed by atoms with Gasteiger partial charge in [0.05, 0.1) is 0 Å². The van der Waals surface area contributed by atoms with E-state index in [-0.39, 0.29) is 0 Å². The number of piperidine rings is 1. The SMILES string of the molecule is Clc1ccc2oc(CC3CCNCC3)cc2c1. The Hall–Kier alpha value is -0.990. The van der Waals surface area contributed by atoms with Gasteiger partial charge in [0.1, 0.15) is 11.3 Å². The molecule has 0 atom stereocenters. The highest BCUT2D eigenvalue weighted by molar-refractivity contribution is 6.31. The van der Waals surface area contributed by atoms with Crippen molar-refractivity contribution in [2.45, 2.75) is 19.3 Å². The summed E-state index contributed by atoms with van der Waals surface area (Å²) < 4.78 is 5.85. The number of benzene rings is 1. The quantitative estimate of drug-likeness (QED) is 0.879. The molecule has 1 fully saturated rings. The van der Waals surface area contributed by atoms with Crippen molar-refractivity contribution < 1.29 is 4.42 Å². The van der Waals surface area contributed by atoms with Crippen LogP contribution in [0.25, 0.3) is 11.0 Å². The van der Waals surface area contributed by atoms with E-state index in [2.05, 4.69) is 11.4 Å². The van der Waals surface area contributed by atoms with Gasteiger partial charge in [-0.05, 0) is 56.1 Å². The van der Waals surface area contributed by atoms with Crippen LogP contribution in [0.15, 0.2) is 28.7 Å². The minimum Gasteiger partial charge on any atom is -0.461 e. The Labute approximate surface area is 106 Å². The highest BCUT2D eigenvalue weighted by Crippen LogP contribution is 2.26. The molecule has 0 aliphatic carbocycles. The van der Waals surface area contributed by atoms with Gasteiger partial charge in [-0.25, -0.2) is 0 Å². The lowest BCUT2D eigenvalue weighted by Gasteiger charge is -2.21. The zero-order valence-corrected chi connectivity index (χ0v) is 10.5. The maximum absolute atomic E-state index is 5.97. The third-order valence-corrected chi connectivity index (χ3v) is 3.71. The van der Waals surface area contributed by atoms with E-state index in [1.807, 2.05) is 18.2 Å². The van der Waals surface area contributed by atoms with E-state index < -0.39 is 0 Å². The molecular weight excluding hydrogens is 234 g/mol. The van der Waals surface area contributed by atoms with Gasteiger partial charge < -0.3 is 9.73 Å². The smallest absolute Gasteiger partial charge is 0.134 e. The predicted molar refractivity (Wildman–Crippen MR) is 70.5 cm³/mol. The highest BCUT2D eigenvalue weighted by atomic mass is 35.5. The molecule has 2 nitrogen and oxygen atoms in total. The molecule has 0 radical (unpaired) electrons. The minimum atomic E-state index is 0.757. The van der Waals surface area contributed by atoms with Gasteiger partial charge in [-0.2, -0.15) is 0 Å². The zero-order chi connectivity index (χ0) is 11.7. The van der Waals surface area contributed by atoms with Gasteiger partial charge in [0, 0.05) is 16.8 Å². The summed E-state index contributed by atoms with van der Waals surface area (Å²) in [5.74, 6) is 1.85. The van der Waals surface area contributed by atoms with Gasteiger partial charge in [0.2, 0.25) is 0 Å². The van der Waals surface area contributed by atoms with Crippen LogP contribution in [0.1, 0.15) is 18.6 Å². The topological polar surface area (TPSA) is 25.2 Å². The fourth-order valence-corrected chi connectivity index (χ4v) is 2.72. The fourth-order valence-electron chi connectivity index (χ4n) is 2.54. The van der Waals surface area contributed by atoms with E-state index in [1.165, 1.54) is 12.8 Å². The molecule has 0 bridgehead atoms. The van der Waals surface area contributed by atoms with Crippen molar-refractivity contribution in [1.29, 1.82) is 0 Å². The first-order valence-electron chi connectivity index (χ1n) is 6.20. The van der Waals surface area contributed by atoms with E-state index in [4.69, 9.17) is 16.0 Å². The molecule has 1 aromatic carbocycles. The lowest BCUT2D eigenvalue weighted by Crippen LogP contribution is -2.28. The van der Waals surface area contributed by atoms with Crippen LogP contribution < -0.4 is 5.32 Å². The number of rotatable bonds is 2. The molecule has 0 saturated carbocycles. The van der Waals surface area contributed by atoms with Crippen LogP contribution in [0.2, 0.25) is 5.02 Å². The lowest BCUT2D eigenvalue weighted by molar-refractivity contribution is 0.351. The van der Waals surface area contributed by atoms with Crippen LogP contribution >= 0.6 is 11.6 Å². The number of hydrogen-bond donors (Lipinski definition) is 1. The Kier molecular flexibility index (Phi) is 3.08. The third kappa shape index (κ3) is 2.48. The first-order chi connectivity index (χ1) is 8.31. The Morgan fingerprint density at radius 1 is 1.24 bits per heavy atom. The molecule has 90 valence electrons. The monoisotopic (exact) mass is 249 g/mol. The summed E-state index contributed by atoms with van der Waals surface area (Å²) in [6.07, 6.45) is 3.55. The van der Waals surface area contributed by atoms with Crippen LogP contribution in [0.4, 0.5) is 0 Å². The molecule has 1 aliphatic rings. The van der Waals surface area contributed by atoms with E-state index in [0.29, 0.717) is 0 Å². The summed E-state index contributed by atoms with van der Waals surface area (Å²) in [5, 5.41) is 5.27. The minimum absolute atomic E-state index is 0.757. The molecule has 2 aromatic rings. The predicted octanol–water partition coefficient (Wildman–Crippen LogP) is 3.63. The van der Waals surface area contributed by atoms with Crippen LogP contribution in [0, 0.1) is 5.92 Å². The lowest BCUT2D eigenvalue weighted by atomic mass is 9.93. The van der Waals surface area contributed by atoms with Crippen LogP contribution in [-0.4, -0.2) is 13.1 Å². The van der Waals surface area contributed by atoms with E-state index >= 15 is 0 Å². The molecule has 1 N–H and O–H groups in total. The molecule has 3 rings (SSSR count). The second-order valence-corrected chi connectivity index (χ2v) is 5.23. The Balaban J connectivity index is 1.80. The van der Waals surface area contributed by atoms with E-state index in [0.717, 1.165) is 47.2 Å². The van der Waals surface area contributed by atoms with Crippen LogP contribution in [-0.2, 0) is 6.42 Å². The normalized spacial score (nSPS) is 17.7. The molecule has 0 amide bonds. The summed E-state index contributed by atoms with van der Waals surface area (Å²) in [4.78, 5) is 0. The summed E-state index contributed by atoms with van der Waals surface area (Å²) >= 11 is 5.97. The van der Waals surface area contributed by atoms with Crippen molar-refractivity contribution in [3.63, 3.8) is 0 Å². The first kappa shape index (κ1) is 11.1. The van der Waals surface area contributed by atoms with Gasteiger partial charge in [0.15, 0.2) is 0 Å². The maximum atomic E-state index is 5.97. The fraction of sp³-hybridized carbons (Fsp3) is 0.429. The van der Waals surface area contributed by atoms with Crippen molar-refractivity contribution in [3.8, 4) is 0 Å². The van der Waals surface area contributed by atoms with Gasteiger partial charge in [-0.3, -0.25) is 0 Å². The number of hydrogen-bond acceptors (Lipinski definition) is 2.